The SMILES string of the molecule is c1cc(OCC2CO2)c2ccc(OCC3CO3)cc2c1.c1cc(OCC2CO2)c2cccc(OCC3CO3)c2c1.c1cc(OCC2CO2)c2cccc(OCC3CO3)c2c1.c1cc2cc(OCC3CO3)ccc2cc1OCC1CO1.c1cc2ccc(OCC3CO3)cc2cc1OCC1CO1. The van der Waals surface area contributed by atoms with E-state index in [1.807, 2.05) is 127 Å². The molecule has 10 aliphatic heterocycles. The maximum absolute atomic E-state index is 5.83. The quantitative estimate of drug-likeness (QED) is 0.0382. The highest BCUT2D eigenvalue weighted by molar-refractivity contribution is 5.94. The first kappa shape index (κ1) is 65.7. The third kappa shape index (κ3) is 20.0. The van der Waals surface area contributed by atoms with Crippen molar-refractivity contribution in [2.75, 3.05) is 132 Å². The standard InChI is InChI=1S/5C16H16O4/c1-3-13(17-7-15-9-19-15)6-12-2-4-14(5-11(1)12)18-8-16-10-20-16;1-3-13(17-7-15-9-19-15)5-12-6-14(4-2-11(1)12)18-8-16-10-20-16;2*1-3-13-14(15(5-1)19-9-11-7-17-11)4-2-6-16(13)20-10-12-8-18-12;1-2-11-6-12(17-7-13-8-18-13)4-5-15(11)16(3-1)20-10-14-9-19-14/h2*1-6,15-16H,7-10H2;2*1-6,11-12H,7-10H2;1-6,13-14H,7-10H2. The minimum absolute atomic E-state index is 0.261. The van der Waals surface area contributed by atoms with Gasteiger partial charge in [0.1, 0.15) is 185 Å². The lowest BCUT2D eigenvalue weighted by molar-refractivity contribution is 0.262. The Morgan fingerprint density at radius 2 is 0.400 bits per heavy atom. The molecule has 20 heteroatoms. The summed E-state index contributed by atoms with van der Waals surface area (Å²) in [5, 5.41) is 11.1. The summed E-state index contributed by atoms with van der Waals surface area (Å²) in [5.74, 6) is 8.80. The molecule has 520 valence electrons. The topological polar surface area (TPSA) is 218 Å². The molecule has 0 N–H and O–H groups in total. The Labute approximate surface area is 578 Å². The van der Waals surface area contributed by atoms with Gasteiger partial charge in [0.15, 0.2) is 0 Å². The molecule has 10 aromatic carbocycles. The van der Waals surface area contributed by atoms with E-state index in [1.54, 1.807) is 0 Å². The summed E-state index contributed by atoms with van der Waals surface area (Å²) in [6.45, 7) is 14.3. The third-order valence-electron chi connectivity index (χ3n) is 17.4. The van der Waals surface area contributed by atoms with Crippen molar-refractivity contribution in [1.82, 2.24) is 0 Å². The fourth-order valence-corrected chi connectivity index (χ4v) is 10.7. The van der Waals surface area contributed by atoms with Gasteiger partial charge in [-0.15, -0.1) is 0 Å². The van der Waals surface area contributed by atoms with E-state index in [9.17, 15) is 0 Å². The first-order valence-corrected chi connectivity index (χ1v) is 34.5. The Kier molecular flexibility index (Phi) is 20.6. The Morgan fingerprint density at radius 3 is 0.670 bits per heavy atom. The van der Waals surface area contributed by atoms with Crippen LogP contribution in [0, 0.1) is 0 Å². The van der Waals surface area contributed by atoms with Crippen LogP contribution in [0.1, 0.15) is 0 Å². The molecule has 10 heterocycles. The number of hydrogen-bond acceptors (Lipinski definition) is 20. The second kappa shape index (κ2) is 31.3. The predicted octanol–water partition coefficient (Wildman–Crippen LogP) is 12.0. The molecule has 10 aromatic rings. The van der Waals surface area contributed by atoms with E-state index in [-0.39, 0.29) is 61.0 Å². The third-order valence-corrected chi connectivity index (χ3v) is 17.4. The van der Waals surface area contributed by atoms with Crippen molar-refractivity contribution in [3.63, 3.8) is 0 Å². The molecule has 0 radical (unpaired) electrons. The van der Waals surface area contributed by atoms with Crippen LogP contribution in [0.25, 0.3) is 53.9 Å². The largest absolute Gasteiger partial charge is 0.491 e. The first-order valence-electron chi connectivity index (χ1n) is 34.5. The normalized spacial score (nSPS) is 23.6. The highest BCUT2D eigenvalue weighted by atomic mass is 16.6. The van der Waals surface area contributed by atoms with Gasteiger partial charge in [0.25, 0.3) is 0 Å². The summed E-state index contributed by atoms with van der Waals surface area (Å²) >= 11 is 0. The molecule has 20 rings (SSSR count). The van der Waals surface area contributed by atoms with Gasteiger partial charge in [0.05, 0.1) is 66.1 Å². The summed E-state index contributed by atoms with van der Waals surface area (Å²) < 4.78 is 109. The van der Waals surface area contributed by atoms with Crippen molar-refractivity contribution in [3.05, 3.63) is 182 Å². The fraction of sp³-hybridized carbons (Fsp3) is 0.375. The van der Waals surface area contributed by atoms with Crippen molar-refractivity contribution in [1.29, 1.82) is 0 Å². The average molecular weight is 1360 g/mol. The zero-order valence-corrected chi connectivity index (χ0v) is 55.4. The van der Waals surface area contributed by atoms with Gasteiger partial charge in [-0.25, -0.2) is 0 Å². The number of ether oxygens (including phenoxy) is 20. The summed E-state index contributed by atoms with van der Waals surface area (Å²) in [7, 11) is 0. The maximum Gasteiger partial charge on any atom is 0.127 e. The van der Waals surface area contributed by atoms with Crippen molar-refractivity contribution in [2.24, 2.45) is 0 Å². The minimum atomic E-state index is 0.261. The highest BCUT2D eigenvalue weighted by Gasteiger charge is 2.30. The van der Waals surface area contributed by atoms with Crippen LogP contribution in [0.2, 0.25) is 0 Å². The van der Waals surface area contributed by atoms with Crippen LogP contribution >= 0.6 is 0 Å². The number of rotatable bonds is 30. The molecule has 10 fully saturated rings. The molecule has 20 nitrogen and oxygen atoms in total. The Balaban J connectivity index is 0.0000000972. The summed E-state index contributed by atoms with van der Waals surface area (Å²) in [6, 6.07) is 60.6. The Hall–Kier alpha value is -8.90. The number of benzene rings is 10. The van der Waals surface area contributed by atoms with Crippen LogP contribution in [0.5, 0.6) is 57.5 Å². The van der Waals surface area contributed by atoms with E-state index < -0.39 is 0 Å². The molecular formula is C80H80O20. The zero-order chi connectivity index (χ0) is 66.8. The number of fused-ring (bicyclic) bond motifs is 5. The first-order chi connectivity index (χ1) is 49.4. The van der Waals surface area contributed by atoms with Gasteiger partial charge in [0, 0.05) is 26.9 Å². The van der Waals surface area contributed by atoms with Crippen molar-refractivity contribution < 1.29 is 94.7 Å². The second-order valence-corrected chi connectivity index (χ2v) is 25.9. The lowest BCUT2D eigenvalue weighted by atomic mass is 10.1. The van der Waals surface area contributed by atoms with Crippen LogP contribution in [0.3, 0.4) is 0 Å². The lowest BCUT2D eigenvalue weighted by Gasteiger charge is -2.11. The van der Waals surface area contributed by atoms with Crippen molar-refractivity contribution in [3.8, 4) is 57.5 Å². The predicted molar refractivity (Wildman–Crippen MR) is 372 cm³/mol. The molecule has 10 unspecified atom stereocenters. The zero-order valence-electron chi connectivity index (χ0n) is 55.4. The van der Waals surface area contributed by atoms with Gasteiger partial charge in [-0.2, -0.15) is 0 Å². The van der Waals surface area contributed by atoms with Crippen LogP contribution in [-0.4, -0.2) is 193 Å². The van der Waals surface area contributed by atoms with Gasteiger partial charge in [0.2, 0.25) is 0 Å². The van der Waals surface area contributed by atoms with E-state index in [0.717, 1.165) is 172 Å². The van der Waals surface area contributed by atoms with E-state index >= 15 is 0 Å². The van der Waals surface area contributed by atoms with Crippen LogP contribution in [0.15, 0.2) is 182 Å². The molecule has 0 saturated carbocycles. The molecular weight excluding hydrogens is 1280 g/mol. The fourth-order valence-electron chi connectivity index (χ4n) is 10.7. The van der Waals surface area contributed by atoms with Crippen molar-refractivity contribution in [2.45, 2.75) is 61.0 Å². The maximum atomic E-state index is 5.83. The highest BCUT2D eigenvalue weighted by Crippen LogP contribution is 2.37. The molecule has 0 aromatic heterocycles. The van der Waals surface area contributed by atoms with E-state index in [0.29, 0.717) is 66.1 Å². The van der Waals surface area contributed by atoms with E-state index in [2.05, 4.69) is 54.6 Å². The minimum Gasteiger partial charge on any atom is -0.491 e. The van der Waals surface area contributed by atoms with Crippen molar-refractivity contribution >= 4 is 53.9 Å². The molecule has 0 spiro atoms. The van der Waals surface area contributed by atoms with Gasteiger partial charge < -0.3 is 94.7 Å². The van der Waals surface area contributed by atoms with Gasteiger partial charge in [-0.1, -0.05) is 84.9 Å². The van der Waals surface area contributed by atoms with Crippen LogP contribution in [0.4, 0.5) is 0 Å². The summed E-state index contributed by atoms with van der Waals surface area (Å²) in [4.78, 5) is 0. The molecule has 100 heavy (non-hydrogen) atoms. The Bertz CT molecular complexity index is 4020. The molecule has 10 atom stereocenters. The van der Waals surface area contributed by atoms with Gasteiger partial charge in [-0.05, 0) is 124 Å². The average Bonchev–Trinajstić information content (AvgIpc) is 1.79. The summed E-state index contributed by atoms with van der Waals surface area (Å²) in [6.07, 6.45) is 2.71. The van der Waals surface area contributed by atoms with Crippen LogP contribution in [-0.2, 0) is 47.4 Å². The van der Waals surface area contributed by atoms with Gasteiger partial charge in [-0.3, -0.25) is 0 Å². The van der Waals surface area contributed by atoms with Gasteiger partial charge >= 0.3 is 0 Å². The lowest BCUT2D eigenvalue weighted by Crippen LogP contribution is -2.05. The molecule has 0 amide bonds. The monoisotopic (exact) mass is 1360 g/mol. The molecule has 0 aliphatic carbocycles. The Morgan fingerprint density at radius 1 is 0.190 bits per heavy atom. The van der Waals surface area contributed by atoms with Crippen LogP contribution < -0.4 is 47.4 Å². The van der Waals surface area contributed by atoms with E-state index in [1.165, 1.54) is 5.39 Å². The summed E-state index contributed by atoms with van der Waals surface area (Å²) in [5.41, 5.74) is 0. The molecule has 10 aliphatic rings. The second-order valence-electron chi connectivity index (χ2n) is 25.9. The smallest absolute Gasteiger partial charge is 0.127 e. The number of epoxide rings is 10. The number of hydrogen-bond donors (Lipinski definition) is 0. The van der Waals surface area contributed by atoms with E-state index in [4.69, 9.17) is 94.7 Å². The molecule has 0 bridgehead atoms. The molecule has 10 saturated heterocycles.